The lowest BCUT2D eigenvalue weighted by atomic mass is 10.0. The lowest BCUT2D eigenvalue weighted by Crippen LogP contribution is -2.11. The molecule has 164 valence electrons. The Morgan fingerprint density at radius 2 is 1.91 bits per heavy atom. The maximum Gasteiger partial charge on any atom is 0.353 e. The lowest BCUT2D eigenvalue weighted by Gasteiger charge is -2.12. The highest BCUT2D eigenvalue weighted by atomic mass is 32.1. The number of non-ortho nitro benzene ring substituents is 1. The van der Waals surface area contributed by atoms with Crippen molar-refractivity contribution in [1.29, 1.82) is 0 Å². The molecule has 10 heteroatoms. The fourth-order valence-corrected chi connectivity index (χ4v) is 4.59. The Morgan fingerprint density at radius 1 is 1.12 bits per heavy atom. The number of nitro benzene ring substituents is 1. The highest BCUT2D eigenvalue weighted by Gasteiger charge is 2.26. The molecule has 0 unspecified atom stereocenters. The van der Waals surface area contributed by atoms with Crippen molar-refractivity contribution >= 4 is 45.3 Å². The Hall–Kier alpha value is -4.31. The number of para-hydroxylation sites is 1. The van der Waals surface area contributed by atoms with Gasteiger partial charge in [0.2, 0.25) is 0 Å². The average Bonchev–Trinajstić information content (AvgIpc) is 3.41. The van der Waals surface area contributed by atoms with Crippen LogP contribution in [0.4, 0.5) is 5.69 Å². The molecule has 5 aromatic rings. The van der Waals surface area contributed by atoms with Gasteiger partial charge >= 0.3 is 5.97 Å². The summed E-state index contributed by atoms with van der Waals surface area (Å²) in [5.74, 6) is -0.524. The van der Waals surface area contributed by atoms with Crippen molar-refractivity contribution in [1.82, 2.24) is 13.3 Å². The third-order valence-corrected chi connectivity index (χ3v) is 6.08. The monoisotopic (exact) mass is 460 g/mol. The minimum absolute atomic E-state index is 0.0268. The molecular weight excluding hydrogens is 444 g/mol. The number of rotatable bonds is 6. The maximum atomic E-state index is 12.6. The number of carboxylic acid groups (broad SMARTS) is 1. The highest BCUT2D eigenvalue weighted by molar-refractivity contribution is 7.00. The summed E-state index contributed by atoms with van der Waals surface area (Å²) < 4.78 is 15.5. The zero-order valence-electron chi connectivity index (χ0n) is 17.3. The van der Waals surface area contributed by atoms with E-state index in [1.54, 1.807) is 42.0 Å². The molecule has 0 aliphatic heterocycles. The van der Waals surface area contributed by atoms with Crippen molar-refractivity contribution < 1.29 is 19.6 Å². The Kier molecular flexibility index (Phi) is 4.98. The smallest absolute Gasteiger partial charge is 0.353 e. The van der Waals surface area contributed by atoms with Gasteiger partial charge in [0.25, 0.3) is 5.69 Å². The molecule has 0 spiro atoms. The molecule has 0 fully saturated rings. The highest BCUT2D eigenvalue weighted by Crippen LogP contribution is 2.39. The van der Waals surface area contributed by atoms with Gasteiger partial charge in [0.05, 0.1) is 35.8 Å². The number of hydrogen-bond acceptors (Lipinski definition) is 7. The molecule has 3 aromatic carbocycles. The molecule has 33 heavy (non-hydrogen) atoms. The van der Waals surface area contributed by atoms with E-state index >= 15 is 0 Å². The second-order valence-electron chi connectivity index (χ2n) is 7.35. The number of methoxy groups -OCH3 is 1. The summed E-state index contributed by atoms with van der Waals surface area (Å²) in [5.41, 5.74) is 3.57. The van der Waals surface area contributed by atoms with Gasteiger partial charge in [-0.1, -0.05) is 24.3 Å². The topological polar surface area (TPSA) is 120 Å². The van der Waals surface area contributed by atoms with Gasteiger partial charge in [0.15, 0.2) is 0 Å². The van der Waals surface area contributed by atoms with Crippen molar-refractivity contribution in [3.8, 4) is 16.9 Å². The average molecular weight is 460 g/mol. The van der Waals surface area contributed by atoms with E-state index in [-0.39, 0.29) is 17.9 Å². The van der Waals surface area contributed by atoms with Crippen LogP contribution in [0.3, 0.4) is 0 Å². The lowest BCUT2D eigenvalue weighted by molar-refractivity contribution is -0.384. The number of hydrogen-bond donors (Lipinski definition) is 1. The SMILES string of the molecule is COc1ccccc1Cn1c(C(=O)O)c(-c2ccc3nsnc3c2)c2cc([N+](=O)[O-])ccc21. The fourth-order valence-electron chi connectivity index (χ4n) is 4.08. The predicted molar refractivity (Wildman–Crippen MR) is 124 cm³/mol. The van der Waals surface area contributed by atoms with Crippen LogP contribution in [0.2, 0.25) is 0 Å². The number of nitro groups is 1. The summed E-state index contributed by atoms with van der Waals surface area (Å²) in [6.45, 7) is 0.209. The van der Waals surface area contributed by atoms with E-state index in [9.17, 15) is 20.0 Å². The van der Waals surface area contributed by atoms with Crippen molar-refractivity contribution in [3.05, 3.63) is 82.0 Å². The van der Waals surface area contributed by atoms with E-state index < -0.39 is 10.9 Å². The molecule has 2 heterocycles. The molecule has 0 saturated carbocycles. The fraction of sp³-hybridized carbons (Fsp3) is 0.0870. The Bertz CT molecular complexity index is 1560. The number of carboxylic acids is 1. The van der Waals surface area contributed by atoms with Crippen LogP contribution >= 0.6 is 11.7 Å². The Morgan fingerprint density at radius 3 is 2.67 bits per heavy atom. The quantitative estimate of drug-likeness (QED) is 0.280. The number of nitrogens with zero attached hydrogens (tertiary/aromatic N) is 4. The van der Waals surface area contributed by atoms with Crippen LogP contribution in [0.5, 0.6) is 5.75 Å². The molecule has 0 aliphatic carbocycles. The predicted octanol–water partition coefficient (Wildman–Crippen LogP) is 4.98. The van der Waals surface area contributed by atoms with Gasteiger partial charge in [-0.05, 0) is 29.8 Å². The first-order valence-corrected chi connectivity index (χ1v) is 10.6. The van der Waals surface area contributed by atoms with Gasteiger partial charge in [-0.25, -0.2) is 4.79 Å². The molecule has 0 aliphatic rings. The number of carbonyl (C=O) groups is 1. The first-order valence-electron chi connectivity index (χ1n) is 9.86. The van der Waals surface area contributed by atoms with Gasteiger partial charge in [0.1, 0.15) is 22.5 Å². The normalized spacial score (nSPS) is 11.2. The van der Waals surface area contributed by atoms with E-state index in [0.717, 1.165) is 17.3 Å². The zero-order chi connectivity index (χ0) is 23.1. The second-order valence-corrected chi connectivity index (χ2v) is 7.88. The van der Waals surface area contributed by atoms with E-state index in [1.165, 1.54) is 12.1 Å². The molecule has 0 atom stereocenters. The van der Waals surface area contributed by atoms with Crippen LogP contribution in [0, 0.1) is 10.1 Å². The minimum Gasteiger partial charge on any atom is -0.496 e. The summed E-state index contributed by atoms with van der Waals surface area (Å²) in [6, 6.07) is 17.0. The standard InChI is InChI=1S/C23H16N4O5S/c1-32-20-5-3-2-4-14(20)12-26-19-9-7-15(27(30)31)11-16(19)21(22(26)23(28)29)13-6-8-17-18(10-13)25-33-24-17/h2-11H,12H2,1H3,(H,28,29). The molecule has 9 nitrogen and oxygen atoms in total. The Labute approximate surface area is 191 Å². The summed E-state index contributed by atoms with van der Waals surface area (Å²) in [5, 5.41) is 22.2. The molecule has 1 N–H and O–H groups in total. The van der Waals surface area contributed by atoms with Crippen LogP contribution in [-0.2, 0) is 6.54 Å². The summed E-state index contributed by atoms with van der Waals surface area (Å²) >= 11 is 1.06. The first kappa shape index (κ1) is 20.6. The Balaban J connectivity index is 1.84. The molecule has 2 aromatic heterocycles. The first-order chi connectivity index (χ1) is 16.0. The van der Waals surface area contributed by atoms with Crippen molar-refractivity contribution in [2.24, 2.45) is 0 Å². The van der Waals surface area contributed by atoms with E-state index in [1.807, 2.05) is 18.2 Å². The number of benzene rings is 3. The number of ether oxygens (including phenoxy) is 1. The minimum atomic E-state index is -1.14. The molecule has 0 amide bonds. The van der Waals surface area contributed by atoms with Crippen LogP contribution in [0.25, 0.3) is 33.1 Å². The molecular formula is C23H16N4O5S. The van der Waals surface area contributed by atoms with E-state index in [2.05, 4.69) is 8.75 Å². The van der Waals surface area contributed by atoms with Crippen molar-refractivity contribution in [2.45, 2.75) is 6.54 Å². The van der Waals surface area contributed by atoms with Gasteiger partial charge in [-0.2, -0.15) is 8.75 Å². The molecule has 0 saturated heterocycles. The van der Waals surface area contributed by atoms with Crippen LogP contribution < -0.4 is 4.74 Å². The van der Waals surface area contributed by atoms with Gasteiger partial charge < -0.3 is 14.4 Å². The van der Waals surface area contributed by atoms with Crippen LogP contribution in [0.1, 0.15) is 16.1 Å². The largest absolute Gasteiger partial charge is 0.496 e. The van der Waals surface area contributed by atoms with E-state index in [4.69, 9.17) is 4.74 Å². The van der Waals surface area contributed by atoms with Crippen LogP contribution in [-0.4, -0.2) is 36.4 Å². The van der Waals surface area contributed by atoms with Crippen molar-refractivity contribution in [2.75, 3.05) is 7.11 Å². The van der Waals surface area contributed by atoms with Crippen LogP contribution in [0.15, 0.2) is 60.7 Å². The van der Waals surface area contributed by atoms with Gasteiger partial charge in [0, 0.05) is 28.6 Å². The summed E-state index contributed by atoms with van der Waals surface area (Å²) in [6.07, 6.45) is 0. The third kappa shape index (κ3) is 3.46. The molecule has 5 rings (SSSR count). The summed E-state index contributed by atoms with van der Waals surface area (Å²) in [4.78, 5) is 23.5. The molecule has 0 bridgehead atoms. The van der Waals surface area contributed by atoms with Crippen molar-refractivity contribution in [3.63, 3.8) is 0 Å². The maximum absolute atomic E-state index is 12.6. The number of aromatic nitrogens is 3. The number of fused-ring (bicyclic) bond motifs is 2. The second kappa shape index (κ2) is 7.99. The number of aromatic carboxylic acids is 1. The third-order valence-electron chi connectivity index (χ3n) is 5.52. The summed E-state index contributed by atoms with van der Waals surface area (Å²) in [7, 11) is 1.55. The molecule has 0 radical (unpaired) electrons. The van der Waals surface area contributed by atoms with Gasteiger partial charge in [-0.3, -0.25) is 10.1 Å². The van der Waals surface area contributed by atoms with E-state index in [0.29, 0.717) is 38.8 Å². The van der Waals surface area contributed by atoms with Gasteiger partial charge in [-0.15, -0.1) is 0 Å². The zero-order valence-corrected chi connectivity index (χ0v) is 18.1.